The number of amides is 2. The molecule has 2 N–H and O–H groups in total. The monoisotopic (exact) mass is 346 g/mol. The first-order chi connectivity index (χ1) is 11.2. The molecule has 2 aromatic carbocycles. The Kier molecular flexibility index (Phi) is 5.35. The number of hydrogen-bond donors (Lipinski definition) is 2. The third-order valence-electron chi connectivity index (χ3n) is 3.09. The number of benzene rings is 2. The third-order valence-corrected chi connectivity index (χ3v) is 3.94. The quantitative estimate of drug-likeness (QED) is 0.870. The van der Waals surface area contributed by atoms with E-state index in [1.165, 1.54) is 6.92 Å². The van der Waals surface area contributed by atoms with Gasteiger partial charge >= 0.3 is 0 Å². The standard InChI is InChI=1S/C17H18N2O4S/c1-12(20)18-15-4-3-5-16(10-15)19-17(21)14-8-6-13(7-9-14)11-24(2,22)23/h3-10H,11H2,1-2H3,(H,18,20)(H,19,21). The van der Waals surface area contributed by atoms with Gasteiger partial charge in [-0.2, -0.15) is 0 Å². The van der Waals surface area contributed by atoms with Crippen LogP contribution in [-0.2, 0) is 20.4 Å². The Balaban J connectivity index is 2.08. The molecule has 0 aromatic heterocycles. The van der Waals surface area contributed by atoms with Crippen LogP contribution in [-0.4, -0.2) is 26.5 Å². The van der Waals surface area contributed by atoms with E-state index in [0.717, 1.165) is 6.26 Å². The Morgan fingerprint density at radius 1 is 0.958 bits per heavy atom. The molecule has 2 amide bonds. The van der Waals surface area contributed by atoms with Crippen LogP contribution in [0.25, 0.3) is 0 Å². The van der Waals surface area contributed by atoms with Crippen molar-refractivity contribution in [3.05, 3.63) is 59.7 Å². The van der Waals surface area contributed by atoms with Crippen molar-refractivity contribution in [1.82, 2.24) is 0 Å². The maximum atomic E-state index is 12.2. The molecule has 0 saturated heterocycles. The molecule has 0 saturated carbocycles. The summed E-state index contributed by atoms with van der Waals surface area (Å²) in [6.45, 7) is 1.41. The first kappa shape index (κ1) is 17.7. The van der Waals surface area contributed by atoms with Crippen LogP contribution in [0.1, 0.15) is 22.8 Å². The van der Waals surface area contributed by atoms with Gasteiger partial charge in [0.15, 0.2) is 9.84 Å². The molecule has 0 heterocycles. The predicted octanol–water partition coefficient (Wildman–Crippen LogP) is 2.44. The predicted molar refractivity (Wildman–Crippen MR) is 93.7 cm³/mol. The lowest BCUT2D eigenvalue weighted by atomic mass is 10.1. The van der Waals surface area contributed by atoms with Crippen molar-refractivity contribution in [2.75, 3.05) is 16.9 Å². The SMILES string of the molecule is CC(=O)Nc1cccc(NC(=O)c2ccc(CS(C)(=O)=O)cc2)c1. The van der Waals surface area contributed by atoms with Crippen LogP contribution in [0.3, 0.4) is 0 Å². The number of carbonyl (C=O) groups excluding carboxylic acids is 2. The number of sulfone groups is 1. The highest BCUT2D eigenvalue weighted by atomic mass is 32.2. The zero-order valence-electron chi connectivity index (χ0n) is 13.4. The number of nitrogens with one attached hydrogen (secondary N) is 2. The number of hydrogen-bond acceptors (Lipinski definition) is 4. The van der Waals surface area contributed by atoms with Gasteiger partial charge in [0.2, 0.25) is 5.91 Å². The first-order valence-corrected chi connectivity index (χ1v) is 9.25. The van der Waals surface area contributed by atoms with E-state index < -0.39 is 9.84 Å². The molecule has 0 unspecified atom stereocenters. The second-order valence-corrected chi connectivity index (χ2v) is 7.62. The molecular weight excluding hydrogens is 328 g/mol. The highest BCUT2D eigenvalue weighted by Gasteiger charge is 2.09. The Morgan fingerprint density at radius 3 is 2.08 bits per heavy atom. The van der Waals surface area contributed by atoms with Gasteiger partial charge in [-0.25, -0.2) is 8.42 Å². The van der Waals surface area contributed by atoms with Crippen molar-refractivity contribution in [3.63, 3.8) is 0 Å². The summed E-state index contributed by atoms with van der Waals surface area (Å²) in [7, 11) is -3.11. The summed E-state index contributed by atoms with van der Waals surface area (Å²) in [5, 5.41) is 5.37. The topological polar surface area (TPSA) is 92.3 Å². The summed E-state index contributed by atoms with van der Waals surface area (Å²) in [5.74, 6) is -0.575. The van der Waals surface area contributed by atoms with Gasteiger partial charge < -0.3 is 10.6 Å². The maximum absolute atomic E-state index is 12.2. The molecule has 0 aliphatic heterocycles. The highest BCUT2D eigenvalue weighted by molar-refractivity contribution is 7.89. The largest absolute Gasteiger partial charge is 0.326 e. The molecule has 7 heteroatoms. The lowest BCUT2D eigenvalue weighted by Crippen LogP contribution is -2.12. The molecule has 2 rings (SSSR count). The smallest absolute Gasteiger partial charge is 0.255 e. The molecule has 0 bridgehead atoms. The van der Waals surface area contributed by atoms with E-state index in [2.05, 4.69) is 10.6 Å². The minimum atomic E-state index is -3.11. The molecule has 126 valence electrons. The van der Waals surface area contributed by atoms with Crippen molar-refractivity contribution in [3.8, 4) is 0 Å². The van der Waals surface area contributed by atoms with E-state index >= 15 is 0 Å². The Morgan fingerprint density at radius 2 is 1.54 bits per heavy atom. The summed E-state index contributed by atoms with van der Waals surface area (Å²) in [6, 6.07) is 13.2. The third kappa shape index (κ3) is 5.51. The van der Waals surface area contributed by atoms with Gasteiger partial charge in [0.25, 0.3) is 5.91 Å². The van der Waals surface area contributed by atoms with Crippen LogP contribution in [0.5, 0.6) is 0 Å². The van der Waals surface area contributed by atoms with Gasteiger partial charge in [0, 0.05) is 30.1 Å². The molecule has 24 heavy (non-hydrogen) atoms. The molecule has 0 fully saturated rings. The highest BCUT2D eigenvalue weighted by Crippen LogP contribution is 2.16. The fourth-order valence-electron chi connectivity index (χ4n) is 2.14. The maximum Gasteiger partial charge on any atom is 0.255 e. The van der Waals surface area contributed by atoms with Gasteiger partial charge in [-0.05, 0) is 35.9 Å². The zero-order valence-corrected chi connectivity index (χ0v) is 14.2. The lowest BCUT2D eigenvalue weighted by Gasteiger charge is -2.08. The second kappa shape index (κ2) is 7.27. The van der Waals surface area contributed by atoms with E-state index in [0.29, 0.717) is 22.5 Å². The van der Waals surface area contributed by atoms with E-state index in [1.807, 2.05) is 0 Å². The van der Waals surface area contributed by atoms with E-state index in [-0.39, 0.29) is 17.6 Å². The number of anilines is 2. The lowest BCUT2D eigenvalue weighted by molar-refractivity contribution is -0.114. The molecular formula is C17H18N2O4S. The van der Waals surface area contributed by atoms with Crippen molar-refractivity contribution in [2.45, 2.75) is 12.7 Å². The molecule has 0 radical (unpaired) electrons. The summed E-state index contributed by atoms with van der Waals surface area (Å²) in [4.78, 5) is 23.3. The van der Waals surface area contributed by atoms with Crippen LogP contribution in [0.2, 0.25) is 0 Å². The zero-order chi connectivity index (χ0) is 17.7. The Labute approximate surface area is 140 Å². The molecule has 6 nitrogen and oxygen atoms in total. The average molecular weight is 346 g/mol. The molecule has 0 aliphatic rings. The molecule has 0 aliphatic carbocycles. The van der Waals surface area contributed by atoms with Gasteiger partial charge in [-0.3, -0.25) is 9.59 Å². The Bertz CT molecular complexity index is 858. The van der Waals surface area contributed by atoms with Crippen LogP contribution in [0.4, 0.5) is 11.4 Å². The summed E-state index contributed by atoms with van der Waals surface area (Å²) in [5.41, 5.74) is 2.18. The number of rotatable bonds is 5. The van der Waals surface area contributed by atoms with E-state index in [1.54, 1.807) is 48.5 Å². The van der Waals surface area contributed by atoms with Gasteiger partial charge in [-0.1, -0.05) is 18.2 Å². The Hall–Kier alpha value is -2.67. The van der Waals surface area contributed by atoms with Gasteiger partial charge in [0.05, 0.1) is 5.75 Å². The van der Waals surface area contributed by atoms with Gasteiger partial charge in [-0.15, -0.1) is 0 Å². The van der Waals surface area contributed by atoms with Crippen LogP contribution < -0.4 is 10.6 Å². The van der Waals surface area contributed by atoms with Crippen molar-refractivity contribution in [1.29, 1.82) is 0 Å². The molecule has 0 spiro atoms. The minimum absolute atomic E-state index is 0.0618. The van der Waals surface area contributed by atoms with Crippen molar-refractivity contribution < 1.29 is 18.0 Å². The van der Waals surface area contributed by atoms with E-state index in [9.17, 15) is 18.0 Å². The summed E-state index contributed by atoms with van der Waals surface area (Å²) in [6.07, 6.45) is 1.16. The second-order valence-electron chi connectivity index (χ2n) is 5.48. The van der Waals surface area contributed by atoms with Gasteiger partial charge in [0.1, 0.15) is 0 Å². The van der Waals surface area contributed by atoms with E-state index in [4.69, 9.17) is 0 Å². The minimum Gasteiger partial charge on any atom is -0.326 e. The fraction of sp³-hybridized carbons (Fsp3) is 0.176. The average Bonchev–Trinajstić information content (AvgIpc) is 2.46. The first-order valence-electron chi connectivity index (χ1n) is 7.18. The fourth-order valence-corrected chi connectivity index (χ4v) is 2.93. The number of carbonyl (C=O) groups is 2. The van der Waals surface area contributed by atoms with Crippen molar-refractivity contribution >= 4 is 33.0 Å². The normalized spacial score (nSPS) is 10.9. The molecule has 2 aromatic rings. The molecule has 0 atom stereocenters. The summed E-state index contributed by atoms with van der Waals surface area (Å²) < 4.78 is 22.5. The van der Waals surface area contributed by atoms with Crippen LogP contribution in [0.15, 0.2) is 48.5 Å². The van der Waals surface area contributed by atoms with Crippen molar-refractivity contribution in [2.24, 2.45) is 0 Å². The summed E-state index contributed by atoms with van der Waals surface area (Å²) >= 11 is 0. The van der Waals surface area contributed by atoms with Crippen LogP contribution >= 0.6 is 0 Å². The van der Waals surface area contributed by atoms with Crippen LogP contribution in [0, 0.1) is 0 Å².